The van der Waals surface area contributed by atoms with Crippen LogP contribution < -0.4 is 10.5 Å². The lowest BCUT2D eigenvalue weighted by Gasteiger charge is -2.10. The Balaban J connectivity index is 1.97. The lowest BCUT2D eigenvalue weighted by molar-refractivity contribution is -0.112. The number of imidazole rings is 1. The zero-order valence-corrected chi connectivity index (χ0v) is 16.5. The molecule has 6 nitrogen and oxygen atoms in total. The Morgan fingerprint density at radius 3 is 2.61 bits per heavy atom. The summed E-state index contributed by atoms with van der Waals surface area (Å²) in [7, 11) is 0. The molecular formula is C21H20N4O2S. The molecule has 2 N–H and O–H groups in total. The van der Waals surface area contributed by atoms with E-state index in [9.17, 15) is 4.79 Å². The number of nitriles is 1. The van der Waals surface area contributed by atoms with Gasteiger partial charge in [0.05, 0.1) is 23.4 Å². The fourth-order valence-electron chi connectivity index (χ4n) is 2.78. The highest BCUT2D eigenvalue weighted by Gasteiger charge is 2.17. The largest absolute Gasteiger partial charge is 0.494 e. The lowest BCUT2D eigenvalue weighted by Crippen LogP contribution is -2.10. The van der Waals surface area contributed by atoms with Gasteiger partial charge in [0, 0.05) is 11.4 Å². The van der Waals surface area contributed by atoms with Gasteiger partial charge in [0.2, 0.25) is 0 Å². The van der Waals surface area contributed by atoms with Gasteiger partial charge < -0.3 is 10.5 Å². The fourth-order valence-corrected chi connectivity index (χ4v) is 3.68. The number of fused-ring (bicyclic) bond motifs is 1. The van der Waals surface area contributed by atoms with E-state index in [1.54, 1.807) is 6.92 Å². The Morgan fingerprint density at radius 1 is 1.25 bits per heavy atom. The number of rotatable bonds is 7. The van der Waals surface area contributed by atoms with Crippen molar-refractivity contribution in [3.05, 3.63) is 59.8 Å². The van der Waals surface area contributed by atoms with Gasteiger partial charge in [-0.2, -0.15) is 5.26 Å². The van der Waals surface area contributed by atoms with Crippen LogP contribution in [-0.2, 0) is 4.79 Å². The van der Waals surface area contributed by atoms with E-state index >= 15 is 0 Å². The van der Waals surface area contributed by atoms with Crippen molar-refractivity contribution in [3.8, 4) is 17.5 Å². The number of ether oxygens (including phenoxy) is 1. The first-order valence-corrected chi connectivity index (χ1v) is 9.77. The molecule has 142 valence electrons. The molecule has 1 aromatic heterocycles. The van der Waals surface area contributed by atoms with Gasteiger partial charge in [0.25, 0.3) is 0 Å². The maximum Gasteiger partial charge on any atom is 0.185 e. The third-order valence-corrected chi connectivity index (χ3v) is 4.99. The van der Waals surface area contributed by atoms with Crippen LogP contribution in [0.1, 0.15) is 13.8 Å². The minimum Gasteiger partial charge on any atom is -0.494 e. The van der Waals surface area contributed by atoms with E-state index in [2.05, 4.69) is 4.98 Å². The van der Waals surface area contributed by atoms with Crippen molar-refractivity contribution in [2.24, 2.45) is 5.73 Å². The highest BCUT2D eigenvalue weighted by molar-refractivity contribution is 7.99. The van der Waals surface area contributed by atoms with E-state index < -0.39 is 0 Å². The molecule has 0 atom stereocenters. The number of carbonyl (C=O) groups is 1. The summed E-state index contributed by atoms with van der Waals surface area (Å²) in [5.74, 6) is 0.567. The quantitative estimate of drug-likeness (QED) is 0.373. The van der Waals surface area contributed by atoms with E-state index in [1.165, 1.54) is 11.8 Å². The normalized spacial score (nSPS) is 11.8. The van der Waals surface area contributed by atoms with Crippen LogP contribution in [0.2, 0.25) is 0 Å². The number of aromatic nitrogens is 2. The number of nitrogens with zero attached hydrogens (tertiary/aromatic N) is 3. The van der Waals surface area contributed by atoms with Gasteiger partial charge in [-0.25, -0.2) is 4.98 Å². The van der Waals surface area contributed by atoms with Crippen molar-refractivity contribution in [2.75, 3.05) is 12.4 Å². The van der Waals surface area contributed by atoms with Crippen LogP contribution in [0.3, 0.4) is 0 Å². The van der Waals surface area contributed by atoms with E-state index in [0.29, 0.717) is 11.8 Å². The summed E-state index contributed by atoms with van der Waals surface area (Å²) in [6.07, 6.45) is 0. The molecule has 0 saturated heterocycles. The van der Waals surface area contributed by atoms with Crippen molar-refractivity contribution < 1.29 is 9.53 Å². The highest BCUT2D eigenvalue weighted by atomic mass is 32.2. The van der Waals surface area contributed by atoms with Crippen molar-refractivity contribution in [3.63, 3.8) is 0 Å². The second kappa shape index (κ2) is 8.63. The molecule has 0 radical (unpaired) electrons. The number of nitrogens with two attached hydrogens (primary N) is 1. The minimum atomic E-state index is -0.308. The third-order valence-electron chi connectivity index (χ3n) is 4.05. The molecule has 0 aliphatic carbocycles. The number of benzene rings is 2. The van der Waals surface area contributed by atoms with Crippen LogP contribution in [0.25, 0.3) is 16.7 Å². The molecule has 2 aromatic carbocycles. The summed E-state index contributed by atoms with van der Waals surface area (Å²) < 4.78 is 7.51. The summed E-state index contributed by atoms with van der Waals surface area (Å²) in [6.45, 7) is 4.10. The topological polar surface area (TPSA) is 93.9 Å². The summed E-state index contributed by atoms with van der Waals surface area (Å²) in [5.41, 5.74) is 8.54. The van der Waals surface area contributed by atoms with Gasteiger partial charge in [0.1, 0.15) is 17.4 Å². The maximum absolute atomic E-state index is 12.3. The van der Waals surface area contributed by atoms with Crippen molar-refractivity contribution in [1.29, 1.82) is 5.26 Å². The van der Waals surface area contributed by atoms with Gasteiger partial charge in [-0.1, -0.05) is 23.9 Å². The molecule has 0 bridgehead atoms. The number of carbonyl (C=O) groups excluding carboxylic acids is 1. The van der Waals surface area contributed by atoms with E-state index in [1.807, 2.05) is 66.1 Å². The SMILES string of the molecule is CCOc1ccc(-n2c(SCC(=O)/C(C#N)=C(\C)N)nc3ccccc32)cc1. The van der Waals surface area contributed by atoms with Crippen molar-refractivity contribution in [1.82, 2.24) is 9.55 Å². The van der Waals surface area contributed by atoms with E-state index in [0.717, 1.165) is 22.5 Å². The Morgan fingerprint density at radius 2 is 1.96 bits per heavy atom. The first-order chi connectivity index (χ1) is 13.5. The molecule has 0 saturated carbocycles. The zero-order chi connectivity index (χ0) is 20.1. The summed E-state index contributed by atoms with van der Waals surface area (Å²) in [5, 5.41) is 9.80. The summed E-state index contributed by atoms with van der Waals surface area (Å²) in [6, 6.07) is 17.4. The summed E-state index contributed by atoms with van der Waals surface area (Å²) in [4.78, 5) is 17.0. The van der Waals surface area contributed by atoms with Crippen LogP contribution in [-0.4, -0.2) is 27.7 Å². The molecule has 3 aromatic rings. The molecule has 0 amide bonds. The van der Waals surface area contributed by atoms with Crippen LogP contribution >= 0.6 is 11.8 Å². The van der Waals surface area contributed by atoms with E-state index in [-0.39, 0.29) is 22.8 Å². The van der Waals surface area contributed by atoms with Gasteiger partial charge >= 0.3 is 0 Å². The third kappa shape index (κ3) is 4.02. The number of allylic oxidation sites excluding steroid dienone is 2. The first-order valence-electron chi connectivity index (χ1n) is 8.78. The van der Waals surface area contributed by atoms with Gasteiger partial charge in [-0.05, 0) is 50.2 Å². The Kier molecular flexibility index (Phi) is 6.02. The molecular weight excluding hydrogens is 372 g/mol. The number of Topliss-reactive ketones (excluding diaryl/α,β-unsaturated/α-hetero) is 1. The standard InChI is InChI=1S/C21H20N4O2S/c1-3-27-16-10-8-15(9-11-16)25-19-7-5-4-6-18(19)24-21(25)28-13-20(26)17(12-22)14(2)23/h4-11H,3,13,23H2,1-2H3/b17-14+. The number of hydrogen-bond donors (Lipinski definition) is 1. The molecule has 3 rings (SSSR count). The molecule has 1 heterocycles. The van der Waals surface area contributed by atoms with E-state index in [4.69, 9.17) is 15.7 Å². The average molecular weight is 392 g/mol. The second-order valence-corrected chi connectivity index (χ2v) is 6.97. The Hall–Kier alpha value is -3.24. The van der Waals surface area contributed by atoms with Gasteiger partial charge in [-0.15, -0.1) is 0 Å². The van der Waals surface area contributed by atoms with Crippen LogP contribution in [0.4, 0.5) is 0 Å². The average Bonchev–Trinajstić information content (AvgIpc) is 3.06. The lowest BCUT2D eigenvalue weighted by atomic mass is 10.2. The second-order valence-electron chi connectivity index (χ2n) is 6.03. The van der Waals surface area contributed by atoms with Crippen molar-refractivity contribution >= 4 is 28.6 Å². The fraction of sp³-hybridized carbons (Fsp3) is 0.190. The molecule has 28 heavy (non-hydrogen) atoms. The predicted octanol–water partition coefficient (Wildman–Crippen LogP) is 3.84. The Bertz CT molecular complexity index is 1070. The number of hydrogen-bond acceptors (Lipinski definition) is 6. The van der Waals surface area contributed by atoms with Gasteiger partial charge in [-0.3, -0.25) is 9.36 Å². The smallest absolute Gasteiger partial charge is 0.185 e. The number of thioether (sulfide) groups is 1. The molecule has 0 aliphatic heterocycles. The monoisotopic (exact) mass is 392 g/mol. The molecule has 7 heteroatoms. The molecule has 0 spiro atoms. The Labute approximate surface area is 167 Å². The van der Waals surface area contributed by atoms with Crippen LogP contribution in [0, 0.1) is 11.3 Å². The van der Waals surface area contributed by atoms with Crippen LogP contribution in [0.5, 0.6) is 5.75 Å². The number of ketones is 1. The highest BCUT2D eigenvalue weighted by Crippen LogP contribution is 2.29. The first kappa shape index (κ1) is 19.5. The molecule has 0 unspecified atom stereocenters. The van der Waals surface area contributed by atoms with Gasteiger partial charge in [0.15, 0.2) is 10.9 Å². The molecule has 0 aliphatic rings. The zero-order valence-electron chi connectivity index (χ0n) is 15.7. The van der Waals surface area contributed by atoms with Crippen LogP contribution in [0.15, 0.2) is 65.0 Å². The molecule has 0 fully saturated rings. The van der Waals surface area contributed by atoms with Crippen molar-refractivity contribution in [2.45, 2.75) is 19.0 Å². The number of para-hydroxylation sites is 2. The predicted molar refractivity (Wildman–Crippen MR) is 110 cm³/mol. The minimum absolute atomic E-state index is 0.00349. The maximum atomic E-state index is 12.3. The summed E-state index contributed by atoms with van der Waals surface area (Å²) >= 11 is 1.28.